The maximum absolute atomic E-state index is 10.9. The van der Waals surface area contributed by atoms with Crippen molar-refractivity contribution in [3.8, 4) is 0 Å². The van der Waals surface area contributed by atoms with Crippen molar-refractivity contribution in [3.05, 3.63) is 12.7 Å². The summed E-state index contributed by atoms with van der Waals surface area (Å²) in [6.45, 7) is 3.97. The lowest BCUT2D eigenvalue weighted by atomic mass is 10.6. The van der Waals surface area contributed by atoms with Gasteiger partial charge in [-0.05, 0) is 6.42 Å². The molecule has 0 spiro atoms. The summed E-state index contributed by atoms with van der Waals surface area (Å²) in [6.07, 6.45) is 2.52. The number of carbonyl (C=O) groups is 1. The lowest BCUT2D eigenvalue weighted by Gasteiger charge is -2.03. The minimum atomic E-state index is -0.164. The molecule has 0 aromatic carbocycles. The molecule has 0 radical (unpaired) electrons. The second-order valence-corrected chi connectivity index (χ2v) is 2.65. The summed E-state index contributed by atoms with van der Waals surface area (Å²) in [5, 5.41) is 5.32. The SMILES string of the molecule is C=CCNC(=O)NC1CC1N. The molecular formula is C7H13N3O. The molecule has 0 aromatic rings. The molecule has 1 fully saturated rings. The van der Waals surface area contributed by atoms with Gasteiger partial charge in [0.1, 0.15) is 0 Å². The third-order valence-electron chi connectivity index (χ3n) is 1.56. The Morgan fingerprint density at radius 3 is 2.91 bits per heavy atom. The molecule has 0 aliphatic heterocycles. The van der Waals surface area contributed by atoms with E-state index in [-0.39, 0.29) is 18.1 Å². The number of nitrogens with one attached hydrogen (secondary N) is 2. The summed E-state index contributed by atoms with van der Waals surface area (Å²) in [7, 11) is 0. The Kier molecular flexibility index (Phi) is 2.48. The van der Waals surface area contributed by atoms with E-state index in [4.69, 9.17) is 5.73 Å². The first kappa shape index (κ1) is 8.07. The van der Waals surface area contributed by atoms with Crippen molar-refractivity contribution in [2.75, 3.05) is 6.54 Å². The average Bonchev–Trinajstić information content (AvgIpc) is 2.62. The highest BCUT2D eigenvalue weighted by Crippen LogP contribution is 2.16. The van der Waals surface area contributed by atoms with E-state index >= 15 is 0 Å². The Hall–Kier alpha value is -1.03. The van der Waals surface area contributed by atoms with Gasteiger partial charge in [-0.15, -0.1) is 6.58 Å². The monoisotopic (exact) mass is 155 g/mol. The highest BCUT2D eigenvalue weighted by molar-refractivity contribution is 5.74. The summed E-state index contributed by atoms with van der Waals surface area (Å²) < 4.78 is 0. The predicted molar refractivity (Wildman–Crippen MR) is 43.1 cm³/mol. The summed E-state index contributed by atoms with van der Waals surface area (Å²) in [6, 6.07) is 0.173. The summed E-state index contributed by atoms with van der Waals surface area (Å²) >= 11 is 0. The van der Waals surface area contributed by atoms with Crippen molar-refractivity contribution in [3.63, 3.8) is 0 Å². The lowest BCUT2D eigenvalue weighted by Crippen LogP contribution is -2.38. The molecule has 62 valence electrons. The minimum Gasteiger partial charge on any atom is -0.335 e. The molecule has 1 aliphatic carbocycles. The first-order chi connectivity index (χ1) is 5.24. The van der Waals surface area contributed by atoms with Gasteiger partial charge in [0, 0.05) is 18.6 Å². The van der Waals surface area contributed by atoms with Crippen LogP contribution in [0.1, 0.15) is 6.42 Å². The number of hydrogen-bond donors (Lipinski definition) is 3. The van der Waals surface area contributed by atoms with Gasteiger partial charge in [0.15, 0.2) is 0 Å². The van der Waals surface area contributed by atoms with Gasteiger partial charge in [-0.3, -0.25) is 0 Å². The van der Waals surface area contributed by atoms with Crippen LogP contribution in [0.2, 0.25) is 0 Å². The van der Waals surface area contributed by atoms with Crippen molar-refractivity contribution in [1.29, 1.82) is 0 Å². The Morgan fingerprint density at radius 1 is 1.82 bits per heavy atom. The Labute approximate surface area is 65.8 Å². The van der Waals surface area contributed by atoms with Gasteiger partial charge in [-0.2, -0.15) is 0 Å². The molecule has 1 rings (SSSR count). The average molecular weight is 155 g/mol. The minimum absolute atomic E-state index is 0.157. The Morgan fingerprint density at radius 2 is 2.45 bits per heavy atom. The molecule has 4 heteroatoms. The predicted octanol–water partition coefficient (Wildman–Crippen LogP) is -0.429. The van der Waals surface area contributed by atoms with Gasteiger partial charge >= 0.3 is 6.03 Å². The van der Waals surface area contributed by atoms with Crippen molar-refractivity contribution < 1.29 is 4.79 Å². The van der Waals surface area contributed by atoms with Crippen LogP contribution in [0.3, 0.4) is 0 Å². The lowest BCUT2D eigenvalue weighted by molar-refractivity contribution is 0.241. The molecule has 4 nitrogen and oxygen atoms in total. The number of carbonyl (C=O) groups excluding carboxylic acids is 1. The van der Waals surface area contributed by atoms with Crippen molar-refractivity contribution in [2.45, 2.75) is 18.5 Å². The first-order valence-corrected chi connectivity index (χ1v) is 3.65. The molecule has 0 bridgehead atoms. The molecule has 1 saturated carbocycles. The van der Waals surface area contributed by atoms with Crippen LogP contribution in [-0.2, 0) is 0 Å². The normalized spacial score (nSPS) is 27.4. The van der Waals surface area contributed by atoms with Crippen LogP contribution >= 0.6 is 0 Å². The van der Waals surface area contributed by atoms with Crippen molar-refractivity contribution >= 4 is 6.03 Å². The van der Waals surface area contributed by atoms with E-state index in [1.165, 1.54) is 0 Å². The van der Waals surface area contributed by atoms with Crippen molar-refractivity contribution in [1.82, 2.24) is 10.6 Å². The largest absolute Gasteiger partial charge is 0.335 e. The zero-order valence-electron chi connectivity index (χ0n) is 6.34. The van der Waals surface area contributed by atoms with Crippen LogP contribution in [0.25, 0.3) is 0 Å². The zero-order valence-corrected chi connectivity index (χ0v) is 6.34. The van der Waals surface area contributed by atoms with Gasteiger partial charge in [0.2, 0.25) is 0 Å². The van der Waals surface area contributed by atoms with Gasteiger partial charge in [-0.25, -0.2) is 4.79 Å². The Bertz CT molecular complexity index is 169. The quantitative estimate of drug-likeness (QED) is 0.484. The third-order valence-corrected chi connectivity index (χ3v) is 1.56. The number of amides is 2. The first-order valence-electron chi connectivity index (χ1n) is 3.65. The fraction of sp³-hybridized carbons (Fsp3) is 0.571. The second kappa shape index (κ2) is 3.39. The van der Waals surface area contributed by atoms with E-state index in [2.05, 4.69) is 17.2 Å². The molecule has 0 aromatic heterocycles. The van der Waals surface area contributed by atoms with Gasteiger partial charge in [0.05, 0.1) is 0 Å². The fourth-order valence-electron chi connectivity index (χ4n) is 0.765. The van der Waals surface area contributed by atoms with Gasteiger partial charge < -0.3 is 16.4 Å². The van der Waals surface area contributed by atoms with Crippen LogP contribution in [0.4, 0.5) is 4.79 Å². The van der Waals surface area contributed by atoms with E-state index < -0.39 is 0 Å². The van der Waals surface area contributed by atoms with Crippen LogP contribution in [0, 0.1) is 0 Å². The van der Waals surface area contributed by atoms with E-state index in [9.17, 15) is 4.79 Å². The molecule has 2 unspecified atom stereocenters. The van der Waals surface area contributed by atoms with E-state index in [0.29, 0.717) is 6.54 Å². The molecule has 0 saturated heterocycles. The number of nitrogens with two attached hydrogens (primary N) is 1. The number of hydrogen-bond acceptors (Lipinski definition) is 2. The van der Waals surface area contributed by atoms with E-state index in [1.54, 1.807) is 6.08 Å². The maximum Gasteiger partial charge on any atom is 0.315 e. The molecule has 1 aliphatic rings. The van der Waals surface area contributed by atoms with Crippen LogP contribution < -0.4 is 16.4 Å². The highest BCUT2D eigenvalue weighted by Gasteiger charge is 2.34. The van der Waals surface area contributed by atoms with Gasteiger partial charge in [-0.1, -0.05) is 6.08 Å². The molecule has 2 atom stereocenters. The number of rotatable bonds is 3. The molecule has 2 amide bonds. The summed E-state index contributed by atoms with van der Waals surface area (Å²) in [5.74, 6) is 0. The Balaban J connectivity index is 2.06. The summed E-state index contributed by atoms with van der Waals surface area (Å²) in [4.78, 5) is 10.9. The van der Waals surface area contributed by atoms with Gasteiger partial charge in [0.25, 0.3) is 0 Å². The highest BCUT2D eigenvalue weighted by atomic mass is 16.2. The molecule has 4 N–H and O–H groups in total. The standard InChI is InChI=1S/C7H13N3O/c1-2-3-9-7(11)10-6-4-5(6)8/h2,5-6H,1,3-4,8H2,(H2,9,10,11). The fourth-order valence-corrected chi connectivity index (χ4v) is 0.765. The van der Waals surface area contributed by atoms with E-state index in [0.717, 1.165) is 6.42 Å². The second-order valence-electron chi connectivity index (χ2n) is 2.65. The molecule has 11 heavy (non-hydrogen) atoms. The molecular weight excluding hydrogens is 142 g/mol. The van der Waals surface area contributed by atoms with Crippen molar-refractivity contribution in [2.24, 2.45) is 5.73 Å². The third kappa shape index (κ3) is 2.59. The maximum atomic E-state index is 10.9. The van der Waals surface area contributed by atoms with Crippen LogP contribution in [0.5, 0.6) is 0 Å². The summed E-state index contributed by atoms with van der Waals surface area (Å²) in [5.41, 5.74) is 5.48. The number of urea groups is 1. The van der Waals surface area contributed by atoms with Crippen LogP contribution in [0.15, 0.2) is 12.7 Å². The topological polar surface area (TPSA) is 67.2 Å². The van der Waals surface area contributed by atoms with E-state index in [1.807, 2.05) is 0 Å². The van der Waals surface area contributed by atoms with Crippen LogP contribution in [-0.4, -0.2) is 24.7 Å². The molecule has 0 heterocycles. The zero-order chi connectivity index (χ0) is 8.27. The smallest absolute Gasteiger partial charge is 0.315 e.